The molecule has 0 heterocycles. The van der Waals surface area contributed by atoms with Crippen LogP contribution in [0.15, 0.2) is 70.6 Å². The predicted octanol–water partition coefficient (Wildman–Crippen LogP) is 6.67. The number of hydrogen-bond acceptors (Lipinski definition) is 2. The van der Waals surface area contributed by atoms with E-state index in [1.807, 2.05) is 12.1 Å². The Morgan fingerprint density at radius 3 is 1.27 bits per heavy atom. The Hall–Kier alpha value is -2.62. The molecule has 2 aromatic rings. The van der Waals surface area contributed by atoms with Crippen LogP contribution in [0, 0.1) is 0 Å². The van der Waals surface area contributed by atoms with Crippen molar-refractivity contribution >= 4 is 23.0 Å². The molecule has 2 aliphatic rings. The van der Waals surface area contributed by atoms with Gasteiger partial charge in [0.1, 0.15) is 0 Å². The largest absolute Gasteiger partial charge is 0.337 e. The molecule has 0 amide bonds. The van der Waals surface area contributed by atoms with Crippen molar-refractivity contribution in [1.82, 2.24) is 0 Å². The minimum atomic E-state index is 0.374. The van der Waals surface area contributed by atoms with Gasteiger partial charge in [-0.15, -0.1) is 0 Å². The lowest BCUT2D eigenvalue weighted by molar-refractivity contribution is 0.442. The van der Waals surface area contributed by atoms with Crippen LogP contribution in [0.4, 0.5) is 11.4 Å². The minimum Gasteiger partial charge on any atom is -0.337 e. The van der Waals surface area contributed by atoms with E-state index < -0.39 is 0 Å². The first kappa shape index (κ1) is 20.6. The Morgan fingerprint density at radius 1 is 0.533 bits per heavy atom. The number of anilines is 2. The molecular formula is C26H34N4. The molecule has 2 saturated carbocycles. The van der Waals surface area contributed by atoms with Gasteiger partial charge in [0.2, 0.25) is 0 Å². The Balaban J connectivity index is 1.66. The average Bonchev–Trinajstić information content (AvgIpc) is 2.81. The summed E-state index contributed by atoms with van der Waals surface area (Å²) in [5.41, 5.74) is 2.11. The molecule has 2 N–H and O–H groups in total. The lowest BCUT2D eigenvalue weighted by Gasteiger charge is -2.23. The van der Waals surface area contributed by atoms with Crippen molar-refractivity contribution in [2.75, 3.05) is 10.6 Å². The molecule has 0 spiro atoms. The van der Waals surface area contributed by atoms with Crippen LogP contribution >= 0.6 is 0 Å². The zero-order chi connectivity index (χ0) is 20.4. The fourth-order valence-corrected chi connectivity index (χ4v) is 4.41. The molecule has 0 unspecified atom stereocenters. The number of hydrogen-bond donors (Lipinski definition) is 2. The fourth-order valence-electron chi connectivity index (χ4n) is 4.41. The number of benzene rings is 2. The molecule has 30 heavy (non-hydrogen) atoms. The lowest BCUT2D eigenvalue weighted by Crippen LogP contribution is -2.33. The molecule has 2 aromatic carbocycles. The lowest BCUT2D eigenvalue weighted by atomic mass is 9.96. The Labute approximate surface area is 180 Å². The van der Waals surface area contributed by atoms with E-state index in [1.54, 1.807) is 0 Å². The number of rotatable bonds is 4. The van der Waals surface area contributed by atoms with Crippen LogP contribution in [-0.2, 0) is 0 Å². The first-order valence-corrected chi connectivity index (χ1v) is 11.7. The highest BCUT2D eigenvalue weighted by Crippen LogP contribution is 2.23. The summed E-state index contributed by atoms with van der Waals surface area (Å²) in [6, 6.07) is 21.4. The summed E-state index contributed by atoms with van der Waals surface area (Å²) in [6.45, 7) is 0. The number of amidine groups is 2. The minimum absolute atomic E-state index is 0.374. The highest BCUT2D eigenvalue weighted by molar-refractivity contribution is 6.48. The Kier molecular flexibility index (Phi) is 7.54. The van der Waals surface area contributed by atoms with Crippen LogP contribution in [0.3, 0.4) is 0 Å². The van der Waals surface area contributed by atoms with Crippen LogP contribution in [0.2, 0.25) is 0 Å². The number of para-hydroxylation sites is 2. The first-order chi connectivity index (χ1) is 14.9. The number of nitrogens with zero attached hydrogens (tertiary/aromatic N) is 2. The molecule has 4 heteroatoms. The van der Waals surface area contributed by atoms with Gasteiger partial charge in [-0.05, 0) is 49.9 Å². The zero-order valence-corrected chi connectivity index (χ0v) is 17.9. The van der Waals surface area contributed by atoms with Crippen LogP contribution in [-0.4, -0.2) is 23.8 Å². The van der Waals surface area contributed by atoms with Gasteiger partial charge in [0, 0.05) is 11.4 Å². The smallest absolute Gasteiger partial charge is 0.169 e. The van der Waals surface area contributed by atoms with E-state index >= 15 is 0 Å². The maximum absolute atomic E-state index is 5.21. The standard InChI is InChI=1S/C26H34N4/c1-5-13-21(14-6-1)27-25(28-22-15-7-2-8-16-22)26(29-23-17-9-3-10-18-23)30-24-19-11-4-12-20-24/h1,3,5-6,9-10,13-14,17-18,22,24H,2,4,7-8,11-12,15-16,19-20H2,(H,27,28)(H,29,30). The van der Waals surface area contributed by atoms with E-state index in [9.17, 15) is 0 Å². The second-order valence-electron chi connectivity index (χ2n) is 8.52. The van der Waals surface area contributed by atoms with E-state index in [1.165, 1.54) is 64.2 Å². The van der Waals surface area contributed by atoms with Gasteiger partial charge in [0.15, 0.2) is 11.7 Å². The molecule has 0 radical (unpaired) electrons. The van der Waals surface area contributed by atoms with Gasteiger partial charge in [0.05, 0.1) is 12.1 Å². The zero-order valence-electron chi connectivity index (χ0n) is 17.9. The second-order valence-corrected chi connectivity index (χ2v) is 8.52. The molecule has 158 valence electrons. The average molecular weight is 403 g/mol. The number of aliphatic imine (C=N–C) groups is 2. The van der Waals surface area contributed by atoms with E-state index in [-0.39, 0.29) is 0 Å². The van der Waals surface area contributed by atoms with Crippen LogP contribution in [0.5, 0.6) is 0 Å². The molecule has 0 aliphatic heterocycles. The van der Waals surface area contributed by atoms with E-state index in [0.29, 0.717) is 12.1 Å². The van der Waals surface area contributed by atoms with Crippen molar-refractivity contribution in [3.05, 3.63) is 60.7 Å². The first-order valence-electron chi connectivity index (χ1n) is 11.7. The summed E-state index contributed by atoms with van der Waals surface area (Å²) in [5.74, 6) is 1.75. The molecule has 4 rings (SSSR count). The predicted molar refractivity (Wildman–Crippen MR) is 129 cm³/mol. The Bertz CT molecular complexity index is 745. The van der Waals surface area contributed by atoms with Gasteiger partial charge in [0.25, 0.3) is 0 Å². The third-order valence-corrected chi connectivity index (χ3v) is 6.07. The monoisotopic (exact) mass is 402 g/mol. The van der Waals surface area contributed by atoms with Gasteiger partial charge in [-0.25, -0.2) is 0 Å². The van der Waals surface area contributed by atoms with Gasteiger partial charge < -0.3 is 10.6 Å². The van der Waals surface area contributed by atoms with Gasteiger partial charge in [-0.1, -0.05) is 74.9 Å². The van der Waals surface area contributed by atoms with Gasteiger partial charge in [-0.2, -0.15) is 0 Å². The SMILES string of the molecule is c1ccc(NC(=NC2CCCCC2)C(=NC2CCCCC2)Nc2ccccc2)cc1. The maximum Gasteiger partial charge on any atom is 0.169 e. The summed E-state index contributed by atoms with van der Waals surface area (Å²) in [5, 5.41) is 7.19. The van der Waals surface area contributed by atoms with Crippen molar-refractivity contribution in [2.24, 2.45) is 9.98 Å². The van der Waals surface area contributed by atoms with Crippen molar-refractivity contribution in [3.8, 4) is 0 Å². The van der Waals surface area contributed by atoms with Crippen molar-refractivity contribution in [3.63, 3.8) is 0 Å². The molecule has 0 atom stereocenters. The normalized spacial score (nSPS) is 19.5. The molecule has 0 bridgehead atoms. The summed E-state index contributed by atoms with van der Waals surface area (Å²) in [4.78, 5) is 10.4. The highest BCUT2D eigenvalue weighted by Gasteiger charge is 2.20. The maximum atomic E-state index is 5.21. The van der Waals surface area contributed by atoms with Crippen LogP contribution in [0.25, 0.3) is 0 Å². The van der Waals surface area contributed by atoms with Gasteiger partial charge in [-0.3, -0.25) is 9.98 Å². The molecule has 2 aliphatic carbocycles. The fraction of sp³-hybridized carbons (Fsp3) is 0.462. The molecule has 2 fully saturated rings. The summed E-state index contributed by atoms with van der Waals surface area (Å²) < 4.78 is 0. The van der Waals surface area contributed by atoms with E-state index in [2.05, 4.69) is 59.2 Å². The topological polar surface area (TPSA) is 48.8 Å². The third-order valence-electron chi connectivity index (χ3n) is 6.07. The van der Waals surface area contributed by atoms with Crippen molar-refractivity contribution < 1.29 is 0 Å². The molecule has 0 saturated heterocycles. The summed E-state index contributed by atoms with van der Waals surface area (Å²) in [7, 11) is 0. The Morgan fingerprint density at radius 2 is 0.900 bits per heavy atom. The second kappa shape index (κ2) is 11.0. The summed E-state index contributed by atoms with van der Waals surface area (Å²) in [6.07, 6.45) is 12.4. The van der Waals surface area contributed by atoms with E-state index in [0.717, 1.165) is 23.0 Å². The highest BCUT2D eigenvalue weighted by atomic mass is 15.1. The molecule has 0 aromatic heterocycles. The summed E-state index contributed by atoms with van der Waals surface area (Å²) >= 11 is 0. The molecule has 4 nitrogen and oxygen atoms in total. The molecular weight excluding hydrogens is 368 g/mol. The van der Waals surface area contributed by atoms with Crippen LogP contribution < -0.4 is 10.6 Å². The van der Waals surface area contributed by atoms with E-state index in [4.69, 9.17) is 9.98 Å². The number of nitrogens with one attached hydrogen (secondary N) is 2. The van der Waals surface area contributed by atoms with Gasteiger partial charge >= 0.3 is 0 Å². The van der Waals surface area contributed by atoms with Crippen LogP contribution in [0.1, 0.15) is 64.2 Å². The van der Waals surface area contributed by atoms with Crippen molar-refractivity contribution in [2.45, 2.75) is 76.3 Å². The quantitative estimate of drug-likeness (QED) is 0.443. The van der Waals surface area contributed by atoms with Crippen molar-refractivity contribution in [1.29, 1.82) is 0 Å². The third kappa shape index (κ3) is 6.19.